The number of carbonyl (C=O) groups is 1. The largest absolute Gasteiger partial charge is 0.496 e. The Morgan fingerprint density at radius 3 is 2.44 bits per heavy atom. The van der Waals surface area contributed by atoms with Crippen molar-refractivity contribution in [2.45, 2.75) is 11.3 Å². The van der Waals surface area contributed by atoms with E-state index in [1.807, 2.05) is 0 Å². The van der Waals surface area contributed by atoms with Crippen LogP contribution in [0.1, 0.15) is 15.9 Å². The number of halogens is 1. The molecule has 32 heavy (non-hydrogen) atoms. The van der Waals surface area contributed by atoms with Crippen LogP contribution >= 0.6 is 11.6 Å². The predicted molar refractivity (Wildman–Crippen MR) is 120 cm³/mol. The summed E-state index contributed by atoms with van der Waals surface area (Å²) in [6, 6.07) is 9.43. The van der Waals surface area contributed by atoms with Gasteiger partial charge in [-0.15, -0.1) is 0 Å². The highest BCUT2D eigenvalue weighted by molar-refractivity contribution is 7.89. The van der Waals surface area contributed by atoms with E-state index in [1.165, 1.54) is 25.3 Å². The minimum absolute atomic E-state index is 0.130. The van der Waals surface area contributed by atoms with Crippen molar-refractivity contribution in [1.82, 2.24) is 5.32 Å². The zero-order chi connectivity index (χ0) is 23.6. The first-order chi connectivity index (χ1) is 15.3. The van der Waals surface area contributed by atoms with E-state index in [9.17, 15) is 13.2 Å². The number of nitrogens with two attached hydrogens (primary N) is 1. The Hall–Kier alpha value is -2.37. The molecular formula is C21H27ClN2O7S. The third kappa shape index (κ3) is 7.95. The Balaban J connectivity index is 1.99. The van der Waals surface area contributed by atoms with E-state index < -0.39 is 10.0 Å². The van der Waals surface area contributed by atoms with Crippen molar-refractivity contribution < 1.29 is 32.2 Å². The first-order valence-electron chi connectivity index (χ1n) is 9.73. The van der Waals surface area contributed by atoms with Crippen molar-refractivity contribution in [2.24, 2.45) is 5.14 Å². The summed E-state index contributed by atoms with van der Waals surface area (Å²) in [4.78, 5) is 12.3. The molecule has 176 valence electrons. The first kappa shape index (κ1) is 25.9. The van der Waals surface area contributed by atoms with Crippen LogP contribution in [0.4, 0.5) is 0 Å². The van der Waals surface area contributed by atoms with Gasteiger partial charge in [-0.3, -0.25) is 4.79 Å². The van der Waals surface area contributed by atoms with Gasteiger partial charge in [0.05, 0.1) is 32.5 Å². The van der Waals surface area contributed by atoms with E-state index in [4.69, 9.17) is 35.7 Å². The van der Waals surface area contributed by atoms with Crippen molar-refractivity contribution in [3.8, 4) is 11.5 Å². The maximum absolute atomic E-state index is 12.5. The number of nitrogens with one attached hydrogen (secondary N) is 1. The molecule has 0 unspecified atom stereocenters. The number of methoxy groups -OCH3 is 2. The van der Waals surface area contributed by atoms with Crippen LogP contribution < -0.4 is 19.9 Å². The van der Waals surface area contributed by atoms with Crippen LogP contribution in [0.3, 0.4) is 0 Å². The summed E-state index contributed by atoms with van der Waals surface area (Å²) in [7, 11) is -0.978. The summed E-state index contributed by atoms with van der Waals surface area (Å²) in [6.07, 6.45) is 0.373. The lowest BCUT2D eigenvalue weighted by molar-refractivity contribution is 0.0539. The highest BCUT2D eigenvalue weighted by Crippen LogP contribution is 2.25. The second-order valence-corrected chi connectivity index (χ2v) is 8.60. The van der Waals surface area contributed by atoms with Gasteiger partial charge in [0.2, 0.25) is 10.0 Å². The van der Waals surface area contributed by atoms with Crippen molar-refractivity contribution in [3.05, 3.63) is 52.5 Å². The van der Waals surface area contributed by atoms with Crippen LogP contribution in [0.25, 0.3) is 0 Å². The minimum Gasteiger partial charge on any atom is -0.496 e. The molecule has 0 saturated carbocycles. The minimum atomic E-state index is -4.01. The Bertz CT molecular complexity index is 1020. The van der Waals surface area contributed by atoms with E-state index in [1.54, 1.807) is 25.3 Å². The molecule has 0 aliphatic carbocycles. The average molecular weight is 487 g/mol. The molecule has 0 bridgehead atoms. The fraction of sp³-hybridized carbons (Fsp3) is 0.381. The summed E-state index contributed by atoms with van der Waals surface area (Å²) in [5, 5.41) is 8.52. The molecule has 0 aromatic heterocycles. The third-order valence-electron chi connectivity index (χ3n) is 4.34. The number of sulfonamides is 1. The molecule has 0 fully saturated rings. The van der Waals surface area contributed by atoms with E-state index >= 15 is 0 Å². The molecule has 2 rings (SSSR count). The van der Waals surface area contributed by atoms with Crippen molar-refractivity contribution in [2.75, 3.05) is 47.2 Å². The summed E-state index contributed by atoms with van der Waals surface area (Å²) in [5.41, 5.74) is 0.970. The summed E-state index contributed by atoms with van der Waals surface area (Å²) < 4.78 is 44.9. The van der Waals surface area contributed by atoms with Gasteiger partial charge in [-0.1, -0.05) is 17.7 Å². The number of benzene rings is 2. The molecule has 0 atom stereocenters. The molecule has 0 spiro atoms. The van der Waals surface area contributed by atoms with Gasteiger partial charge in [-0.25, -0.2) is 13.6 Å². The molecule has 11 heteroatoms. The first-order valence-corrected chi connectivity index (χ1v) is 11.7. The normalized spacial score (nSPS) is 11.2. The van der Waals surface area contributed by atoms with Gasteiger partial charge in [-0.05, 0) is 42.3 Å². The van der Waals surface area contributed by atoms with Crippen LogP contribution in [-0.2, 0) is 25.9 Å². The number of ether oxygens (including phenoxy) is 4. The van der Waals surface area contributed by atoms with Crippen LogP contribution in [0, 0.1) is 0 Å². The van der Waals surface area contributed by atoms with Gasteiger partial charge >= 0.3 is 0 Å². The van der Waals surface area contributed by atoms with Crippen LogP contribution in [0.5, 0.6) is 11.5 Å². The third-order valence-corrected chi connectivity index (χ3v) is 5.50. The van der Waals surface area contributed by atoms with E-state index in [0.29, 0.717) is 41.5 Å². The molecule has 2 aromatic rings. The Kier molecular flexibility index (Phi) is 10.2. The Labute approximate surface area is 192 Å². The SMILES string of the molecule is COCCOCCOc1ccc(CCNC(=O)c2cc(Cl)ccc2OC)cc1S(N)(=O)=O. The van der Waals surface area contributed by atoms with Gasteiger partial charge in [0, 0.05) is 18.7 Å². The quantitative estimate of drug-likeness (QED) is 0.415. The van der Waals surface area contributed by atoms with Crippen LogP contribution in [0.15, 0.2) is 41.3 Å². The monoisotopic (exact) mass is 486 g/mol. The van der Waals surface area contributed by atoms with Crippen LogP contribution in [-0.4, -0.2) is 61.5 Å². The zero-order valence-electron chi connectivity index (χ0n) is 17.9. The molecular weight excluding hydrogens is 460 g/mol. The smallest absolute Gasteiger partial charge is 0.255 e. The molecule has 0 aliphatic rings. The number of primary sulfonamides is 1. The number of hydrogen-bond acceptors (Lipinski definition) is 7. The predicted octanol–water partition coefficient (Wildman–Crippen LogP) is 2.01. The fourth-order valence-corrected chi connectivity index (χ4v) is 3.67. The van der Waals surface area contributed by atoms with Gasteiger partial charge < -0.3 is 24.3 Å². The van der Waals surface area contributed by atoms with Gasteiger partial charge in [0.1, 0.15) is 23.0 Å². The summed E-state index contributed by atoms with van der Waals surface area (Å²) in [6.45, 7) is 1.55. The molecule has 9 nitrogen and oxygen atoms in total. The Morgan fingerprint density at radius 2 is 1.75 bits per heavy atom. The van der Waals surface area contributed by atoms with Gasteiger partial charge in [0.25, 0.3) is 5.91 Å². The molecule has 0 radical (unpaired) electrons. The van der Waals surface area contributed by atoms with Crippen LogP contribution in [0.2, 0.25) is 5.02 Å². The lowest BCUT2D eigenvalue weighted by Gasteiger charge is -2.13. The molecule has 1 amide bonds. The highest BCUT2D eigenvalue weighted by atomic mass is 35.5. The lowest BCUT2D eigenvalue weighted by atomic mass is 10.1. The van der Waals surface area contributed by atoms with E-state index in [0.717, 1.165) is 0 Å². The maximum Gasteiger partial charge on any atom is 0.255 e. The van der Waals surface area contributed by atoms with Crippen molar-refractivity contribution >= 4 is 27.5 Å². The van der Waals surface area contributed by atoms with Crippen molar-refractivity contribution in [1.29, 1.82) is 0 Å². The van der Waals surface area contributed by atoms with E-state index in [-0.39, 0.29) is 36.3 Å². The Morgan fingerprint density at radius 1 is 1.03 bits per heavy atom. The number of carbonyl (C=O) groups excluding carboxylic acids is 1. The average Bonchev–Trinajstić information content (AvgIpc) is 2.76. The zero-order valence-corrected chi connectivity index (χ0v) is 19.5. The second-order valence-electron chi connectivity index (χ2n) is 6.63. The highest BCUT2D eigenvalue weighted by Gasteiger charge is 2.17. The van der Waals surface area contributed by atoms with Gasteiger partial charge in [-0.2, -0.15) is 0 Å². The molecule has 0 heterocycles. The fourth-order valence-electron chi connectivity index (χ4n) is 2.78. The molecule has 0 saturated heterocycles. The molecule has 2 aromatic carbocycles. The second kappa shape index (κ2) is 12.6. The lowest BCUT2D eigenvalue weighted by Crippen LogP contribution is -2.26. The summed E-state index contributed by atoms with van der Waals surface area (Å²) in [5.74, 6) is 0.180. The summed E-state index contributed by atoms with van der Waals surface area (Å²) >= 11 is 5.96. The standard InChI is InChI=1S/C21H27ClN2O7S/c1-28-9-10-30-11-12-31-19-5-3-15(13-20(19)32(23,26)27)7-8-24-21(25)17-14-16(22)4-6-18(17)29-2/h3-6,13-14H,7-12H2,1-2H3,(H,24,25)(H2,23,26,27). The topological polar surface area (TPSA) is 126 Å². The van der Waals surface area contributed by atoms with Gasteiger partial charge in [0.15, 0.2) is 0 Å². The van der Waals surface area contributed by atoms with E-state index in [2.05, 4.69) is 5.32 Å². The maximum atomic E-state index is 12.5. The number of hydrogen-bond donors (Lipinski definition) is 2. The molecule has 0 aliphatic heterocycles. The van der Waals surface area contributed by atoms with Crippen molar-refractivity contribution in [3.63, 3.8) is 0 Å². The molecule has 3 N–H and O–H groups in total. The number of rotatable bonds is 13. The number of amides is 1.